The van der Waals surface area contributed by atoms with Gasteiger partial charge in [-0.3, -0.25) is 20.8 Å². The number of non-ortho nitro benzene ring substituents is 1. The molecule has 0 unspecified atom stereocenters. The first kappa shape index (κ1) is 15.8. The van der Waals surface area contributed by atoms with Crippen molar-refractivity contribution in [1.82, 2.24) is 4.72 Å². The molecule has 1 aromatic rings. The van der Waals surface area contributed by atoms with Crippen molar-refractivity contribution < 1.29 is 18.1 Å². The molecule has 20 heavy (non-hydrogen) atoms. The fourth-order valence-corrected chi connectivity index (χ4v) is 2.57. The van der Waals surface area contributed by atoms with E-state index in [9.17, 15) is 23.3 Å². The highest BCUT2D eigenvalue weighted by molar-refractivity contribution is 7.89. The van der Waals surface area contributed by atoms with Crippen LogP contribution in [0.5, 0.6) is 0 Å². The number of nitrogen functional groups attached to an aromatic ring is 1. The van der Waals surface area contributed by atoms with Crippen LogP contribution in [0.4, 0.5) is 11.4 Å². The number of amides is 1. The van der Waals surface area contributed by atoms with Crippen molar-refractivity contribution in [3.63, 3.8) is 0 Å². The van der Waals surface area contributed by atoms with Gasteiger partial charge in [0.25, 0.3) is 5.69 Å². The van der Waals surface area contributed by atoms with Crippen LogP contribution in [-0.4, -0.2) is 25.8 Å². The summed E-state index contributed by atoms with van der Waals surface area (Å²) in [6.45, 7) is -0.218. The molecule has 1 amide bonds. The molecule has 0 aliphatic carbocycles. The number of hydrazine groups is 1. The summed E-state index contributed by atoms with van der Waals surface area (Å²) in [4.78, 5) is 20.1. The Bertz CT molecular complexity index is 630. The van der Waals surface area contributed by atoms with Gasteiger partial charge in [-0.1, -0.05) is 0 Å². The van der Waals surface area contributed by atoms with E-state index >= 15 is 0 Å². The summed E-state index contributed by atoms with van der Waals surface area (Å²) < 4.78 is 26.1. The van der Waals surface area contributed by atoms with Crippen molar-refractivity contribution in [2.24, 2.45) is 11.6 Å². The van der Waals surface area contributed by atoms with Crippen molar-refractivity contribution in [2.75, 3.05) is 12.0 Å². The Kier molecular flexibility index (Phi) is 4.96. The zero-order valence-electron chi connectivity index (χ0n) is 10.2. The van der Waals surface area contributed by atoms with Gasteiger partial charge in [0.1, 0.15) is 4.90 Å². The molecule has 0 spiro atoms. The lowest BCUT2D eigenvalue weighted by Crippen LogP contribution is -2.29. The number of rotatable bonds is 7. The number of nitrogens with one attached hydrogen (secondary N) is 2. The normalized spacial score (nSPS) is 11.1. The third-order valence-electron chi connectivity index (χ3n) is 2.28. The second kappa shape index (κ2) is 6.27. The van der Waals surface area contributed by atoms with Crippen molar-refractivity contribution in [3.8, 4) is 0 Å². The fraction of sp³-hybridized carbons (Fsp3) is 0.222. The summed E-state index contributed by atoms with van der Waals surface area (Å²) in [5, 5.41) is 10.7. The maximum Gasteiger partial charge on any atom is 0.270 e. The lowest BCUT2D eigenvalue weighted by atomic mass is 10.3. The molecule has 10 nitrogen and oxygen atoms in total. The lowest BCUT2D eigenvalue weighted by Gasteiger charge is -2.10. The number of benzene rings is 1. The number of hydrogen-bond acceptors (Lipinski definition) is 7. The Morgan fingerprint density at radius 1 is 1.40 bits per heavy atom. The topological polar surface area (TPSA) is 170 Å². The Labute approximate surface area is 114 Å². The molecule has 0 heterocycles. The molecule has 0 radical (unpaired) electrons. The highest BCUT2D eigenvalue weighted by Gasteiger charge is 2.21. The summed E-state index contributed by atoms with van der Waals surface area (Å²) in [6.07, 6.45) is -0.195. The van der Waals surface area contributed by atoms with Crippen LogP contribution in [0.15, 0.2) is 23.1 Å². The molecule has 0 aromatic heterocycles. The van der Waals surface area contributed by atoms with E-state index in [2.05, 4.69) is 10.1 Å². The zero-order chi connectivity index (χ0) is 15.3. The van der Waals surface area contributed by atoms with Crippen LogP contribution >= 0.6 is 0 Å². The van der Waals surface area contributed by atoms with E-state index < -0.39 is 31.4 Å². The molecule has 6 N–H and O–H groups in total. The molecule has 110 valence electrons. The van der Waals surface area contributed by atoms with Crippen molar-refractivity contribution in [2.45, 2.75) is 11.3 Å². The number of primary amides is 1. The number of anilines is 1. The van der Waals surface area contributed by atoms with Crippen molar-refractivity contribution >= 4 is 27.3 Å². The standard InChI is InChI=1S/C9H13N5O5S/c10-9(15)3-4-12-20(18,19)8-5-6(14(16)17)1-2-7(8)13-11/h1-2,5,12-13H,3-4,11H2,(H2,10,15). The highest BCUT2D eigenvalue weighted by atomic mass is 32.2. The highest BCUT2D eigenvalue weighted by Crippen LogP contribution is 2.25. The van der Waals surface area contributed by atoms with Gasteiger partial charge >= 0.3 is 0 Å². The van der Waals surface area contributed by atoms with Gasteiger partial charge in [-0.05, 0) is 6.07 Å². The number of hydrogen-bond donors (Lipinski definition) is 4. The van der Waals surface area contributed by atoms with E-state index in [1.165, 1.54) is 6.07 Å². The van der Waals surface area contributed by atoms with E-state index in [-0.39, 0.29) is 18.7 Å². The van der Waals surface area contributed by atoms with Gasteiger partial charge in [0, 0.05) is 25.1 Å². The van der Waals surface area contributed by atoms with Gasteiger partial charge < -0.3 is 11.2 Å². The minimum atomic E-state index is -4.06. The number of sulfonamides is 1. The molecular formula is C9H13N5O5S. The first-order chi connectivity index (χ1) is 9.27. The molecule has 0 aliphatic rings. The van der Waals surface area contributed by atoms with Crippen LogP contribution < -0.4 is 21.7 Å². The molecule has 0 saturated heterocycles. The predicted octanol–water partition coefficient (Wildman–Crippen LogP) is -0.966. The molecule has 1 aromatic carbocycles. The largest absolute Gasteiger partial charge is 0.370 e. The van der Waals surface area contributed by atoms with Crippen molar-refractivity contribution in [1.29, 1.82) is 0 Å². The summed E-state index contributed by atoms with van der Waals surface area (Å²) in [5.41, 5.74) is 6.60. The Hall–Kier alpha value is -2.24. The number of nitro benzene ring substituents is 1. The summed E-state index contributed by atoms with van der Waals surface area (Å²) >= 11 is 0. The third kappa shape index (κ3) is 3.88. The molecule has 0 aliphatic heterocycles. The van der Waals surface area contributed by atoms with E-state index in [1.54, 1.807) is 0 Å². The first-order valence-corrected chi connectivity index (χ1v) is 6.79. The molecule has 0 atom stereocenters. The minimum Gasteiger partial charge on any atom is -0.370 e. The van der Waals surface area contributed by atoms with Gasteiger partial charge in [0.15, 0.2) is 0 Å². The van der Waals surface area contributed by atoms with Crippen LogP contribution in [0, 0.1) is 10.1 Å². The average Bonchev–Trinajstić information content (AvgIpc) is 2.37. The monoisotopic (exact) mass is 303 g/mol. The molecule has 0 saturated carbocycles. The second-order valence-electron chi connectivity index (χ2n) is 3.70. The Morgan fingerprint density at radius 3 is 2.55 bits per heavy atom. The summed E-state index contributed by atoms with van der Waals surface area (Å²) in [7, 11) is -4.06. The quantitative estimate of drug-likeness (QED) is 0.285. The molecule has 0 bridgehead atoms. The van der Waals surface area contributed by atoms with Gasteiger partial charge in [0.05, 0.1) is 10.6 Å². The van der Waals surface area contributed by atoms with Gasteiger partial charge in [-0.2, -0.15) is 0 Å². The summed E-state index contributed by atoms with van der Waals surface area (Å²) in [6, 6.07) is 3.14. The smallest absolute Gasteiger partial charge is 0.270 e. The summed E-state index contributed by atoms with van der Waals surface area (Å²) in [5.74, 6) is 4.49. The van der Waals surface area contributed by atoms with E-state index in [0.717, 1.165) is 12.1 Å². The third-order valence-corrected chi connectivity index (χ3v) is 3.79. The van der Waals surface area contributed by atoms with Crippen LogP contribution in [-0.2, 0) is 14.8 Å². The van der Waals surface area contributed by atoms with Gasteiger partial charge in [-0.25, -0.2) is 13.1 Å². The number of nitrogens with two attached hydrogens (primary N) is 2. The number of carbonyl (C=O) groups excluding carboxylic acids is 1. The maximum atomic E-state index is 12.0. The maximum absolute atomic E-state index is 12.0. The van der Waals surface area contributed by atoms with Crippen molar-refractivity contribution in [3.05, 3.63) is 28.3 Å². The predicted molar refractivity (Wildman–Crippen MR) is 69.9 cm³/mol. The lowest BCUT2D eigenvalue weighted by molar-refractivity contribution is -0.385. The Balaban J connectivity index is 3.11. The average molecular weight is 303 g/mol. The number of carbonyl (C=O) groups is 1. The fourth-order valence-electron chi connectivity index (χ4n) is 1.35. The van der Waals surface area contributed by atoms with Gasteiger partial charge in [-0.15, -0.1) is 0 Å². The molecular weight excluding hydrogens is 290 g/mol. The van der Waals surface area contributed by atoms with Crippen LogP contribution in [0.25, 0.3) is 0 Å². The molecule has 11 heteroatoms. The second-order valence-corrected chi connectivity index (χ2v) is 5.43. The minimum absolute atomic E-state index is 0.0119. The van der Waals surface area contributed by atoms with Gasteiger partial charge in [0.2, 0.25) is 15.9 Å². The zero-order valence-corrected chi connectivity index (χ0v) is 11.0. The van der Waals surface area contributed by atoms with Crippen LogP contribution in [0.3, 0.4) is 0 Å². The number of nitro groups is 1. The first-order valence-electron chi connectivity index (χ1n) is 5.31. The van der Waals surface area contributed by atoms with E-state index in [4.69, 9.17) is 11.6 Å². The molecule has 0 fully saturated rings. The van der Waals surface area contributed by atoms with Crippen LogP contribution in [0.2, 0.25) is 0 Å². The van der Waals surface area contributed by atoms with E-state index in [0.29, 0.717) is 0 Å². The van der Waals surface area contributed by atoms with Crippen LogP contribution in [0.1, 0.15) is 6.42 Å². The Morgan fingerprint density at radius 2 is 2.05 bits per heavy atom. The SMILES string of the molecule is NNc1ccc([N+](=O)[O-])cc1S(=O)(=O)NCCC(N)=O. The molecule has 1 rings (SSSR count). The number of nitrogens with zero attached hydrogens (tertiary/aromatic N) is 1. The van der Waals surface area contributed by atoms with E-state index in [1.807, 2.05) is 0 Å².